The van der Waals surface area contributed by atoms with Crippen molar-refractivity contribution in [2.75, 3.05) is 16.8 Å². The number of halogens is 1. The number of nitrogens with zero attached hydrogens (tertiary/aromatic N) is 2. The number of carbonyl (C=O) groups is 2. The van der Waals surface area contributed by atoms with E-state index in [2.05, 4.69) is 38.0 Å². The number of benzene rings is 2. The normalized spacial score (nSPS) is 21.9. The van der Waals surface area contributed by atoms with Crippen molar-refractivity contribution >= 4 is 58.2 Å². The lowest BCUT2D eigenvalue weighted by Crippen LogP contribution is -2.54. The van der Waals surface area contributed by atoms with Crippen LogP contribution in [-0.4, -0.2) is 29.5 Å². The van der Waals surface area contributed by atoms with E-state index >= 15 is 0 Å². The first kappa shape index (κ1) is 21.5. The van der Waals surface area contributed by atoms with Crippen molar-refractivity contribution in [3.05, 3.63) is 64.2 Å². The molecule has 31 heavy (non-hydrogen) atoms. The fraction of sp³-hybridized carbons (Fsp3) is 0.292. The monoisotopic (exact) mass is 453 g/mol. The molecule has 0 spiro atoms. The molecule has 0 radical (unpaired) electrons. The second kappa shape index (κ2) is 7.77. The second-order valence-corrected chi connectivity index (χ2v) is 9.50. The highest BCUT2D eigenvalue weighted by atomic mass is 35.5. The van der Waals surface area contributed by atoms with Gasteiger partial charge in [0.05, 0.1) is 5.69 Å². The van der Waals surface area contributed by atoms with Crippen molar-refractivity contribution < 1.29 is 9.59 Å². The molecule has 0 aromatic heterocycles. The summed E-state index contributed by atoms with van der Waals surface area (Å²) in [5, 5.41) is 3.17. The van der Waals surface area contributed by atoms with Crippen LogP contribution in [0.2, 0.25) is 5.02 Å². The van der Waals surface area contributed by atoms with Gasteiger partial charge in [-0.1, -0.05) is 36.7 Å². The van der Waals surface area contributed by atoms with Crippen LogP contribution >= 0.6 is 23.8 Å². The van der Waals surface area contributed by atoms with Gasteiger partial charge in [0, 0.05) is 23.3 Å². The molecule has 2 aromatic rings. The fourth-order valence-corrected chi connectivity index (χ4v) is 4.83. The molecule has 2 amide bonds. The molecule has 0 bridgehead atoms. The third-order valence-corrected chi connectivity index (χ3v) is 6.78. The van der Waals surface area contributed by atoms with E-state index in [1.165, 1.54) is 4.90 Å². The van der Waals surface area contributed by atoms with Crippen LogP contribution in [0.25, 0.3) is 6.08 Å². The molecule has 160 valence electrons. The second-order valence-electron chi connectivity index (χ2n) is 8.70. The summed E-state index contributed by atoms with van der Waals surface area (Å²) >= 11 is 11.9. The quantitative estimate of drug-likeness (QED) is 0.399. The predicted octanol–water partition coefficient (Wildman–Crippen LogP) is 4.89. The number of carbonyl (C=O) groups excluding carboxylic acids is 2. The minimum absolute atomic E-state index is 0.00329. The summed E-state index contributed by atoms with van der Waals surface area (Å²) in [4.78, 5) is 29.4. The molecule has 1 N–H and O–H groups in total. The highest BCUT2D eigenvalue weighted by Crippen LogP contribution is 2.44. The Labute approximate surface area is 192 Å². The first-order chi connectivity index (χ1) is 14.6. The Morgan fingerprint density at radius 1 is 1.19 bits per heavy atom. The molecule has 0 unspecified atom stereocenters. The van der Waals surface area contributed by atoms with E-state index < -0.39 is 11.8 Å². The van der Waals surface area contributed by atoms with E-state index in [1.807, 2.05) is 30.3 Å². The van der Waals surface area contributed by atoms with Gasteiger partial charge in [0.25, 0.3) is 11.8 Å². The van der Waals surface area contributed by atoms with Gasteiger partial charge in [0.2, 0.25) is 0 Å². The van der Waals surface area contributed by atoms with Crippen molar-refractivity contribution in [3.63, 3.8) is 0 Å². The third kappa shape index (κ3) is 3.75. The van der Waals surface area contributed by atoms with Crippen LogP contribution in [0.5, 0.6) is 0 Å². The molecule has 7 heteroatoms. The number of anilines is 2. The smallest absolute Gasteiger partial charge is 0.270 e. The fourth-order valence-electron chi connectivity index (χ4n) is 4.34. The largest absolute Gasteiger partial charge is 0.369 e. The Hall–Kier alpha value is -2.70. The maximum atomic E-state index is 13.2. The number of amides is 2. The zero-order valence-electron chi connectivity index (χ0n) is 17.9. The molecule has 1 saturated heterocycles. The number of thiocarbonyl (C=S) groups is 1. The van der Waals surface area contributed by atoms with Gasteiger partial charge >= 0.3 is 0 Å². The molecular weight excluding hydrogens is 430 g/mol. The first-order valence-electron chi connectivity index (χ1n) is 10.1. The number of hydrogen-bond acceptors (Lipinski definition) is 4. The number of para-hydroxylation sites is 1. The molecule has 1 fully saturated rings. The molecule has 0 aliphatic carbocycles. The SMILES string of the molecule is C[C@@H]1CC(C)(C)N(C)c2cc(Cl)c(/C=C3\C(=O)NC(=S)N(c4ccccc4)C3=O)cc21. The molecule has 2 aromatic carbocycles. The van der Waals surface area contributed by atoms with Crippen LogP contribution in [0, 0.1) is 0 Å². The molecule has 4 rings (SSSR count). The summed E-state index contributed by atoms with van der Waals surface area (Å²) < 4.78 is 0. The van der Waals surface area contributed by atoms with Gasteiger partial charge < -0.3 is 4.90 Å². The van der Waals surface area contributed by atoms with E-state index in [4.69, 9.17) is 23.8 Å². The molecule has 2 heterocycles. The molecule has 2 aliphatic heterocycles. The summed E-state index contributed by atoms with van der Waals surface area (Å²) in [6.45, 7) is 6.61. The summed E-state index contributed by atoms with van der Waals surface area (Å²) in [5.74, 6) is -0.679. The van der Waals surface area contributed by atoms with Crippen LogP contribution < -0.4 is 15.1 Å². The number of rotatable bonds is 2. The third-order valence-electron chi connectivity index (χ3n) is 6.17. The van der Waals surface area contributed by atoms with E-state index in [1.54, 1.807) is 18.2 Å². The highest BCUT2D eigenvalue weighted by molar-refractivity contribution is 7.80. The average Bonchev–Trinajstić information content (AvgIpc) is 2.70. The van der Waals surface area contributed by atoms with Gasteiger partial charge in [-0.25, -0.2) is 0 Å². The van der Waals surface area contributed by atoms with Crippen molar-refractivity contribution in [1.82, 2.24) is 5.32 Å². The molecule has 2 aliphatic rings. The van der Waals surface area contributed by atoms with Crippen molar-refractivity contribution in [2.45, 2.75) is 38.6 Å². The standard InChI is InChI=1S/C24H24ClN3O2S/c1-14-13-24(2,3)27(4)20-12-19(25)15(10-17(14)20)11-18-21(29)26-23(31)28(22(18)30)16-8-6-5-7-9-16/h5-12,14H,13H2,1-4H3,(H,26,29,31)/b18-11+/t14-/m1/s1. The number of nitrogens with one attached hydrogen (secondary N) is 1. The van der Waals surface area contributed by atoms with E-state index in [0.717, 1.165) is 17.7 Å². The molecule has 5 nitrogen and oxygen atoms in total. The van der Waals surface area contributed by atoms with Crippen LogP contribution in [0.1, 0.15) is 44.2 Å². The summed E-state index contributed by atoms with van der Waals surface area (Å²) in [5.41, 5.74) is 3.47. The Morgan fingerprint density at radius 3 is 2.55 bits per heavy atom. The molecular formula is C24H24ClN3O2S. The minimum atomic E-state index is -0.526. The van der Waals surface area contributed by atoms with Crippen LogP contribution in [0.4, 0.5) is 11.4 Å². The van der Waals surface area contributed by atoms with Crippen molar-refractivity contribution in [3.8, 4) is 0 Å². The van der Waals surface area contributed by atoms with Crippen LogP contribution in [0.15, 0.2) is 48.0 Å². The summed E-state index contributed by atoms with van der Waals surface area (Å²) in [6, 6.07) is 12.9. The van der Waals surface area contributed by atoms with E-state index in [9.17, 15) is 9.59 Å². The van der Waals surface area contributed by atoms with Gasteiger partial charge in [-0.2, -0.15) is 0 Å². The zero-order valence-corrected chi connectivity index (χ0v) is 19.5. The Kier molecular flexibility index (Phi) is 5.40. The number of fused-ring (bicyclic) bond motifs is 1. The molecule has 1 atom stereocenters. The maximum absolute atomic E-state index is 13.2. The topological polar surface area (TPSA) is 52.7 Å². The maximum Gasteiger partial charge on any atom is 0.270 e. The zero-order chi connectivity index (χ0) is 22.5. The Morgan fingerprint density at radius 2 is 1.87 bits per heavy atom. The van der Waals surface area contributed by atoms with E-state index in [-0.39, 0.29) is 16.2 Å². The average molecular weight is 454 g/mol. The first-order valence-corrected chi connectivity index (χ1v) is 10.9. The van der Waals surface area contributed by atoms with Crippen LogP contribution in [-0.2, 0) is 9.59 Å². The summed E-state index contributed by atoms with van der Waals surface area (Å²) in [7, 11) is 2.07. The van der Waals surface area contributed by atoms with Gasteiger partial charge in [-0.15, -0.1) is 0 Å². The van der Waals surface area contributed by atoms with Crippen molar-refractivity contribution in [1.29, 1.82) is 0 Å². The Balaban J connectivity index is 1.78. The van der Waals surface area contributed by atoms with Gasteiger partial charge in [0.1, 0.15) is 5.57 Å². The van der Waals surface area contributed by atoms with Crippen molar-refractivity contribution in [2.24, 2.45) is 0 Å². The minimum Gasteiger partial charge on any atom is -0.369 e. The Bertz CT molecular complexity index is 1130. The van der Waals surface area contributed by atoms with Crippen LogP contribution in [0.3, 0.4) is 0 Å². The van der Waals surface area contributed by atoms with Gasteiger partial charge in [-0.05, 0) is 79.9 Å². The number of hydrogen-bond donors (Lipinski definition) is 1. The lowest BCUT2D eigenvalue weighted by Gasteiger charge is -2.45. The molecule has 0 saturated carbocycles. The van der Waals surface area contributed by atoms with Gasteiger partial charge in [0.15, 0.2) is 5.11 Å². The predicted molar refractivity (Wildman–Crippen MR) is 130 cm³/mol. The van der Waals surface area contributed by atoms with E-state index in [0.29, 0.717) is 22.2 Å². The van der Waals surface area contributed by atoms with Gasteiger partial charge in [-0.3, -0.25) is 19.8 Å². The lowest BCUT2D eigenvalue weighted by molar-refractivity contribution is -0.122. The summed E-state index contributed by atoms with van der Waals surface area (Å²) in [6.07, 6.45) is 2.55. The highest BCUT2D eigenvalue weighted by Gasteiger charge is 2.36. The lowest BCUT2D eigenvalue weighted by atomic mass is 9.80.